The van der Waals surface area contributed by atoms with Crippen molar-refractivity contribution in [3.63, 3.8) is 0 Å². The van der Waals surface area contributed by atoms with Crippen LogP contribution < -0.4 is 14.5 Å². The molecular weight excluding hydrogens is 358 g/mol. The summed E-state index contributed by atoms with van der Waals surface area (Å²) in [6, 6.07) is 14.7. The first-order valence-corrected chi connectivity index (χ1v) is 8.97. The summed E-state index contributed by atoms with van der Waals surface area (Å²) in [5, 5.41) is 10.7. The minimum absolute atomic E-state index is 0.0615. The first kappa shape index (κ1) is 17.7. The van der Waals surface area contributed by atoms with E-state index in [9.17, 15) is 10.1 Å². The van der Waals surface area contributed by atoms with Crippen LogP contribution in [0.15, 0.2) is 67.1 Å². The van der Waals surface area contributed by atoms with E-state index in [0.29, 0.717) is 11.6 Å². The summed E-state index contributed by atoms with van der Waals surface area (Å²) in [4.78, 5) is 22.9. The average Bonchev–Trinajstić information content (AvgIpc) is 2.75. The molecule has 4 rings (SSSR count). The third kappa shape index (κ3) is 4.01. The molecule has 0 amide bonds. The van der Waals surface area contributed by atoms with Gasteiger partial charge in [0.2, 0.25) is 5.88 Å². The van der Waals surface area contributed by atoms with Crippen LogP contribution in [0.2, 0.25) is 0 Å². The second-order valence-corrected chi connectivity index (χ2v) is 6.39. The summed E-state index contributed by atoms with van der Waals surface area (Å²) in [7, 11) is 0. The Morgan fingerprint density at radius 2 is 1.46 bits per heavy atom. The molecule has 0 spiro atoms. The maximum absolute atomic E-state index is 10.7. The molecule has 142 valence electrons. The Kier molecular flexibility index (Phi) is 5.01. The smallest absolute Gasteiger partial charge is 0.287 e. The number of hydrogen-bond acceptors (Lipinski definition) is 7. The van der Waals surface area contributed by atoms with Crippen molar-refractivity contribution in [3.8, 4) is 11.6 Å². The van der Waals surface area contributed by atoms with Gasteiger partial charge in [-0.3, -0.25) is 15.1 Å². The van der Waals surface area contributed by atoms with E-state index in [4.69, 9.17) is 4.74 Å². The van der Waals surface area contributed by atoms with Crippen molar-refractivity contribution >= 4 is 17.1 Å². The first-order valence-electron chi connectivity index (χ1n) is 8.97. The second kappa shape index (κ2) is 7.91. The van der Waals surface area contributed by atoms with Gasteiger partial charge in [-0.2, -0.15) is 0 Å². The number of anilines is 2. The van der Waals surface area contributed by atoms with Crippen LogP contribution in [0.4, 0.5) is 17.1 Å². The largest absolute Gasteiger partial charge is 0.439 e. The number of ether oxygens (including phenoxy) is 1. The van der Waals surface area contributed by atoms with E-state index in [-0.39, 0.29) is 5.69 Å². The first-order chi connectivity index (χ1) is 13.7. The Bertz CT molecular complexity index is 924. The van der Waals surface area contributed by atoms with Crippen LogP contribution in [0.3, 0.4) is 0 Å². The second-order valence-electron chi connectivity index (χ2n) is 6.39. The van der Waals surface area contributed by atoms with Crippen LogP contribution in [0, 0.1) is 10.1 Å². The van der Waals surface area contributed by atoms with Gasteiger partial charge in [-0.15, -0.1) is 0 Å². The summed E-state index contributed by atoms with van der Waals surface area (Å²) in [5.74, 6) is 0.963. The molecule has 3 heterocycles. The number of aromatic nitrogens is 2. The number of nitrogens with zero attached hydrogens (tertiary/aromatic N) is 5. The Morgan fingerprint density at radius 3 is 2.00 bits per heavy atom. The fraction of sp³-hybridized carbons (Fsp3) is 0.200. The van der Waals surface area contributed by atoms with Crippen LogP contribution in [-0.2, 0) is 0 Å². The molecular formula is C20H19N5O3. The minimum atomic E-state index is -0.486. The fourth-order valence-corrected chi connectivity index (χ4v) is 3.16. The van der Waals surface area contributed by atoms with Crippen LogP contribution in [0.25, 0.3) is 0 Å². The summed E-state index contributed by atoms with van der Waals surface area (Å²) in [6.07, 6.45) is 4.83. The molecule has 3 aromatic rings. The molecule has 0 bridgehead atoms. The van der Waals surface area contributed by atoms with Gasteiger partial charge in [0.1, 0.15) is 11.9 Å². The van der Waals surface area contributed by atoms with Gasteiger partial charge in [0.15, 0.2) is 0 Å². The molecule has 0 N–H and O–H groups in total. The van der Waals surface area contributed by atoms with E-state index in [1.165, 1.54) is 24.0 Å². The third-order valence-electron chi connectivity index (χ3n) is 4.66. The third-order valence-corrected chi connectivity index (χ3v) is 4.66. The highest BCUT2D eigenvalue weighted by Crippen LogP contribution is 2.25. The van der Waals surface area contributed by atoms with E-state index < -0.39 is 4.92 Å². The summed E-state index contributed by atoms with van der Waals surface area (Å²) in [5.41, 5.74) is 2.28. The zero-order valence-corrected chi connectivity index (χ0v) is 15.1. The molecule has 0 saturated carbocycles. The molecule has 0 atom stereocenters. The van der Waals surface area contributed by atoms with Crippen molar-refractivity contribution in [2.75, 3.05) is 36.0 Å². The van der Waals surface area contributed by atoms with Gasteiger partial charge in [-0.25, -0.2) is 4.98 Å². The van der Waals surface area contributed by atoms with Gasteiger partial charge in [-0.1, -0.05) is 0 Å². The Hall–Kier alpha value is -3.68. The predicted molar refractivity (Wildman–Crippen MR) is 106 cm³/mol. The lowest BCUT2D eigenvalue weighted by molar-refractivity contribution is -0.385. The zero-order valence-electron chi connectivity index (χ0n) is 15.1. The lowest BCUT2D eigenvalue weighted by atomic mass is 10.2. The van der Waals surface area contributed by atoms with E-state index in [2.05, 4.69) is 19.8 Å². The summed E-state index contributed by atoms with van der Waals surface area (Å²) < 4.78 is 5.66. The number of benzene rings is 1. The van der Waals surface area contributed by atoms with Gasteiger partial charge >= 0.3 is 0 Å². The molecule has 1 aliphatic rings. The molecule has 0 radical (unpaired) electrons. The molecule has 0 aliphatic carbocycles. The lowest BCUT2D eigenvalue weighted by Gasteiger charge is -2.37. The predicted octanol–water partition coefficient (Wildman–Crippen LogP) is 3.50. The monoisotopic (exact) mass is 377 g/mol. The number of piperazine rings is 1. The van der Waals surface area contributed by atoms with Crippen LogP contribution in [0.1, 0.15) is 0 Å². The topological polar surface area (TPSA) is 84.6 Å². The quantitative estimate of drug-likeness (QED) is 0.497. The Balaban J connectivity index is 1.35. The number of pyridine rings is 2. The average molecular weight is 377 g/mol. The van der Waals surface area contributed by atoms with Crippen molar-refractivity contribution in [1.82, 2.24) is 9.97 Å². The normalized spacial score (nSPS) is 14.0. The standard InChI is InChI=1S/C20H19N5O3/c26-25(27)18-3-6-20(22-15-18)28-19-4-1-16(2-5-19)23-11-13-24(14-12-23)17-7-9-21-10-8-17/h1-10,15H,11-14H2. The van der Waals surface area contributed by atoms with E-state index in [1.54, 1.807) is 0 Å². The lowest BCUT2D eigenvalue weighted by Crippen LogP contribution is -2.46. The molecule has 8 nitrogen and oxygen atoms in total. The van der Waals surface area contributed by atoms with Crippen LogP contribution in [0.5, 0.6) is 11.6 Å². The number of hydrogen-bond donors (Lipinski definition) is 0. The highest BCUT2D eigenvalue weighted by molar-refractivity contribution is 5.52. The maximum Gasteiger partial charge on any atom is 0.287 e. The van der Waals surface area contributed by atoms with Crippen LogP contribution in [-0.4, -0.2) is 41.1 Å². The molecule has 1 aliphatic heterocycles. The van der Waals surface area contributed by atoms with Gasteiger partial charge in [0.25, 0.3) is 5.69 Å². The molecule has 2 aromatic heterocycles. The number of rotatable bonds is 5. The molecule has 0 unspecified atom stereocenters. The summed E-state index contributed by atoms with van der Waals surface area (Å²) >= 11 is 0. The van der Waals surface area contributed by atoms with Gasteiger partial charge < -0.3 is 14.5 Å². The Morgan fingerprint density at radius 1 is 0.857 bits per heavy atom. The molecule has 28 heavy (non-hydrogen) atoms. The SMILES string of the molecule is O=[N+]([O-])c1ccc(Oc2ccc(N3CCN(c4ccncc4)CC3)cc2)nc1. The highest BCUT2D eigenvalue weighted by Gasteiger charge is 2.17. The van der Waals surface area contributed by atoms with Crippen molar-refractivity contribution in [1.29, 1.82) is 0 Å². The molecule has 1 fully saturated rings. The van der Waals surface area contributed by atoms with Crippen molar-refractivity contribution in [3.05, 3.63) is 77.2 Å². The molecule has 1 aromatic carbocycles. The zero-order chi connectivity index (χ0) is 19.3. The van der Waals surface area contributed by atoms with Gasteiger partial charge in [0.05, 0.1) is 4.92 Å². The van der Waals surface area contributed by atoms with Crippen molar-refractivity contribution in [2.45, 2.75) is 0 Å². The maximum atomic E-state index is 10.7. The van der Waals surface area contributed by atoms with E-state index >= 15 is 0 Å². The van der Waals surface area contributed by atoms with Crippen molar-refractivity contribution < 1.29 is 9.66 Å². The Labute approximate surface area is 162 Å². The number of nitro groups is 1. The fourth-order valence-electron chi connectivity index (χ4n) is 3.16. The molecule has 8 heteroatoms. The minimum Gasteiger partial charge on any atom is -0.439 e. The van der Waals surface area contributed by atoms with E-state index in [0.717, 1.165) is 31.9 Å². The molecule has 1 saturated heterocycles. The summed E-state index contributed by atoms with van der Waals surface area (Å²) in [6.45, 7) is 3.78. The highest BCUT2D eigenvalue weighted by atomic mass is 16.6. The van der Waals surface area contributed by atoms with Gasteiger partial charge in [-0.05, 0) is 36.4 Å². The van der Waals surface area contributed by atoms with Gasteiger partial charge in [0, 0.05) is 62.1 Å². The van der Waals surface area contributed by atoms with E-state index in [1.807, 2.05) is 48.8 Å². The van der Waals surface area contributed by atoms with Crippen LogP contribution >= 0.6 is 0 Å². The van der Waals surface area contributed by atoms with Crippen molar-refractivity contribution in [2.24, 2.45) is 0 Å².